The molecule has 6 nitrogen and oxygen atoms in total. The minimum Gasteiger partial charge on any atom is -0.497 e. The van der Waals surface area contributed by atoms with Crippen LogP contribution >= 0.6 is 0 Å². The van der Waals surface area contributed by atoms with Gasteiger partial charge in [-0.15, -0.1) is 0 Å². The van der Waals surface area contributed by atoms with Crippen molar-refractivity contribution in [3.8, 4) is 5.75 Å². The van der Waals surface area contributed by atoms with Crippen molar-refractivity contribution in [2.24, 2.45) is 0 Å². The molecule has 25 heavy (non-hydrogen) atoms. The van der Waals surface area contributed by atoms with E-state index in [1.54, 1.807) is 27.0 Å². The third-order valence-corrected chi connectivity index (χ3v) is 4.60. The number of ether oxygens (including phenoxy) is 1. The number of amides is 2. The lowest BCUT2D eigenvalue weighted by atomic mass is 10.1. The monoisotopic (exact) mass is 341 g/mol. The summed E-state index contributed by atoms with van der Waals surface area (Å²) in [5.41, 5.74) is 1.88. The van der Waals surface area contributed by atoms with E-state index in [1.165, 1.54) is 0 Å². The van der Waals surface area contributed by atoms with Crippen LogP contribution in [0.15, 0.2) is 24.3 Å². The number of carbonyl (C=O) groups is 2. The highest BCUT2D eigenvalue weighted by atomic mass is 16.5. The molecule has 2 aromatic rings. The number of methoxy groups -OCH3 is 1. The van der Waals surface area contributed by atoms with Crippen LogP contribution in [0.4, 0.5) is 0 Å². The first-order valence-corrected chi connectivity index (χ1v) is 8.54. The van der Waals surface area contributed by atoms with E-state index >= 15 is 0 Å². The summed E-state index contributed by atoms with van der Waals surface area (Å²) >= 11 is 0. The van der Waals surface area contributed by atoms with Crippen LogP contribution in [0.1, 0.15) is 35.8 Å². The SMILES string of the molecule is COc1ccc2cc(C(=O)N[C@@H](C)C(=O)N3CCCC3)c(C)nc2c1. The summed E-state index contributed by atoms with van der Waals surface area (Å²) in [5, 5.41) is 3.66. The van der Waals surface area contributed by atoms with Gasteiger partial charge in [-0.2, -0.15) is 0 Å². The molecule has 0 aliphatic carbocycles. The molecule has 1 atom stereocenters. The second-order valence-electron chi connectivity index (χ2n) is 6.41. The molecular formula is C19H23N3O3. The minimum atomic E-state index is -0.545. The van der Waals surface area contributed by atoms with Crippen molar-refractivity contribution in [1.82, 2.24) is 15.2 Å². The Labute approximate surface area is 147 Å². The Bertz CT molecular complexity index is 813. The van der Waals surface area contributed by atoms with Gasteiger partial charge in [-0.3, -0.25) is 14.6 Å². The van der Waals surface area contributed by atoms with Crippen molar-refractivity contribution in [3.05, 3.63) is 35.5 Å². The van der Waals surface area contributed by atoms with Crippen molar-refractivity contribution in [3.63, 3.8) is 0 Å². The Morgan fingerprint density at radius 3 is 2.64 bits per heavy atom. The molecule has 6 heteroatoms. The Kier molecular flexibility index (Phi) is 4.88. The van der Waals surface area contributed by atoms with E-state index in [9.17, 15) is 9.59 Å². The quantitative estimate of drug-likeness (QED) is 0.926. The fourth-order valence-corrected chi connectivity index (χ4v) is 3.15. The fourth-order valence-electron chi connectivity index (χ4n) is 3.15. The summed E-state index contributed by atoms with van der Waals surface area (Å²) < 4.78 is 5.21. The Morgan fingerprint density at radius 1 is 1.24 bits per heavy atom. The highest BCUT2D eigenvalue weighted by Gasteiger charge is 2.25. The first kappa shape index (κ1) is 17.2. The molecule has 0 spiro atoms. The zero-order chi connectivity index (χ0) is 18.0. The van der Waals surface area contributed by atoms with Gasteiger partial charge in [0.15, 0.2) is 0 Å². The number of hydrogen-bond donors (Lipinski definition) is 1. The number of rotatable bonds is 4. The van der Waals surface area contributed by atoms with Gasteiger partial charge in [0.1, 0.15) is 11.8 Å². The van der Waals surface area contributed by atoms with E-state index in [0.717, 1.165) is 42.6 Å². The number of aromatic nitrogens is 1. The van der Waals surface area contributed by atoms with Gasteiger partial charge >= 0.3 is 0 Å². The van der Waals surface area contributed by atoms with Crippen LogP contribution in [0.2, 0.25) is 0 Å². The second-order valence-corrected chi connectivity index (χ2v) is 6.41. The maximum atomic E-state index is 12.6. The predicted molar refractivity (Wildman–Crippen MR) is 95.8 cm³/mol. The Balaban J connectivity index is 1.79. The molecule has 0 bridgehead atoms. The third kappa shape index (κ3) is 3.57. The van der Waals surface area contributed by atoms with Gasteiger partial charge in [0, 0.05) is 24.5 Å². The van der Waals surface area contributed by atoms with E-state index in [1.807, 2.05) is 23.1 Å². The molecule has 1 aromatic carbocycles. The number of likely N-dealkylation sites (tertiary alicyclic amines) is 1. The topological polar surface area (TPSA) is 71.5 Å². The summed E-state index contributed by atoms with van der Waals surface area (Å²) in [5.74, 6) is 0.422. The number of fused-ring (bicyclic) bond motifs is 1. The van der Waals surface area contributed by atoms with Crippen molar-refractivity contribution in [2.75, 3.05) is 20.2 Å². The summed E-state index contributed by atoms with van der Waals surface area (Å²) in [6, 6.07) is 6.80. The predicted octanol–water partition coefficient (Wildman–Crippen LogP) is 2.29. The zero-order valence-corrected chi connectivity index (χ0v) is 14.8. The van der Waals surface area contributed by atoms with E-state index in [0.29, 0.717) is 11.3 Å². The van der Waals surface area contributed by atoms with Gasteiger partial charge in [-0.25, -0.2) is 0 Å². The normalized spacial score (nSPS) is 15.2. The van der Waals surface area contributed by atoms with Crippen LogP contribution in [-0.2, 0) is 4.79 Å². The molecular weight excluding hydrogens is 318 g/mol. The molecule has 2 heterocycles. The van der Waals surface area contributed by atoms with Crippen molar-refractivity contribution >= 4 is 22.7 Å². The molecule has 1 N–H and O–H groups in total. The first-order valence-electron chi connectivity index (χ1n) is 8.54. The lowest BCUT2D eigenvalue weighted by Crippen LogP contribution is -2.46. The van der Waals surface area contributed by atoms with E-state index in [2.05, 4.69) is 10.3 Å². The molecule has 1 fully saturated rings. The van der Waals surface area contributed by atoms with Crippen molar-refractivity contribution in [1.29, 1.82) is 0 Å². The number of benzene rings is 1. The Hall–Kier alpha value is -2.63. The second kappa shape index (κ2) is 7.09. The van der Waals surface area contributed by atoms with Gasteiger partial charge in [0.05, 0.1) is 23.9 Å². The molecule has 2 amide bonds. The minimum absolute atomic E-state index is 0.0259. The molecule has 0 radical (unpaired) electrons. The van der Waals surface area contributed by atoms with Gasteiger partial charge < -0.3 is 15.0 Å². The van der Waals surface area contributed by atoms with Gasteiger partial charge in [0.2, 0.25) is 5.91 Å². The van der Waals surface area contributed by atoms with Crippen LogP contribution in [0, 0.1) is 6.92 Å². The molecule has 132 valence electrons. The van der Waals surface area contributed by atoms with Crippen LogP contribution in [0.5, 0.6) is 5.75 Å². The van der Waals surface area contributed by atoms with Crippen LogP contribution in [0.3, 0.4) is 0 Å². The van der Waals surface area contributed by atoms with Crippen molar-refractivity contribution < 1.29 is 14.3 Å². The molecule has 1 saturated heterocycles. The van der Waals surface area contributed by atoms with E-state index < -0.39 is 6.04 Å². The number of nitrogens with zero attached hydrogens (tertiary/aromatic N) is 2. The number of hydrogen-bond acceptors (Lipinski definition) is 4. The molecule has 3 rings (SSSR count). The van der Waals surface area contributed by atoms with Gasteiger partial charge in [-0.1, -0.05) is 0 Å². The maximum absolute atomic E-state index is 12.6. The lowest BCUT2D eigenvalue weighted by molar-refractivity contribution is -0.131. The highest BCUT2D eigenvalue weighted by molar-refractivity contribution is 6.00. The highest BCUT2D eigenvalue weighted by Crippen LogP contribution is 2.22. The number of pyridine rings is 1. The largest absolute Gasteiger partial charge is 0.497 e. The van der Waals surface area contributed by atoms with Crippen LogP contribution < -0.4 is 10.1 Å². The van der Waals surface area contributed by atoms with E-state index in [-0.39, 0.29) is 11.8 Å². The average Bonchev–Trinajstić information content (AvgIpc) is 3.14. The Morgan fingerprint density at radius 2 is 1.96 bits per heavy atom. The number of aryl methyl sites for hydroxylation is 1. The number of nitrogens with one attached hydrogen (secondary N) is 1. The average molecular weight is 341 g/mol. The lowest BCUT2D eigenvalue weighted by Gasteiger charge is -2.21. The molecule has 1 aromatic heterocycles. The standard InChI is InChI=1S/C19H23N3O3/c1-12-16(10-14-6-7-15(25-3)11-17(14)20-12)18(23)21-13(2)19(24)22-8-4-5-9-22/h6-7,10-11,13H,4-5,8-9H2,1-3H3,(H,21,23)/t13-/m0/s1. The molecule has 0 saturated carbocycles. The maximum Gasteiger partial charge on any atom is 0.253 e. The van der Waals surface area contributed by atoms with Gasteiger partial charge in [0.25, 0.3) is 5.91 Å². The summed E-state index contributed by atoms with van der Waals surface area (Å²) in [4.78, 5) is 31.3. The smallest absolute Gasteiger partial charge is 0.253 e. The van der Waals surface area contributed by atoms with Crippen LogP contribution in [0.25, 0.3) is 10.9 Å². The zero-order valence-electron chi connectivity index (χ0n) is 14.8. The summed E-state index contributed by atoms with van der Waals surface area (Å²) in [6.45, 7) is 5.07. The third-order valence-electron chi connectivity index (χ3n) is 4.60. The van der Waals surface area contributed by atoms with Crippen molar-refractivity contribution in [2.45, 2.75) is 32.7 Å². The first-order chi connectivity index (χ1) is 12.0. The van der Waals surface area contributed by atoms with Crippen LogP contribution in [-0.4, -0.2) is 47.9 Å². The molecule has 0 unspecified atom stereocenters. The number of carbonyl (C=O) groups excluding carboxylic acids is 2. The summed E-state index contributed by atoms with van der Waals surface area (Å²) in [7, 11) is 1.61. The fraction of sp³-hybridized carbons (Fsp3) is 0.421. The van der Waals surface area contributed by atoms with E-state index in [4.69, 9.17) is 4.74 Å². The van der Waals surface area contributed by atoms with Gasteiger partial charge in [-0.05, 0) is 44.9 Å². The molecule has 1 aliphatic heterocycles. The molecule has 1 aliphatic rings. The summed E-state index contributed by atoms with van der Waals surface area (Å²) in [6.07, 6.45) is 2.06.